The van der Waals surface area contributed by atoms with E-state index < -0.39 is 0 Å². The highest BCUT2D eigenvalue weighted by Gasteiger charge is 2.07. The van der Waals surface area contributed by atoms with E-state index in [2.05, 4.69) is 5.32 Å². The summed E-state index contributed by atoms with van der Waals surface area (Å²) in [4.78, 5) is 11.8. The molecule has 5 heteroatoms. The molecule has 0 atom stereocenters. The first-order valence-corrected chi connectivity index (χ1v) is 8.39. The third kappa shape index (κ3) is 5.27. The Morgan fingerprint density at radius 3 is 2.33 bits per heavy atom. The van der Waals surface area contributed by atoms with Gasteiger partial charge in [-0.1, -0.05) is 59.6 Å². The van der Waals surface area contributed by atoms with Gasteiger partial charge in [0, 0.05) is 22.3 Å². The van der Waals surface area contributed by atoms with Crippen LogP contribution >= 0.6 is 35.0 Å². The third-order valence-corrected chi connectivity index (χ3v) is 4.54. The molecule has 0 unspecified atom stereocenters. The summed E-state index contributed by atoms with van der Waals surface area (Å²) >= 11 is 13.7. The van der Waals surface area contributed by atoms with Gasteiger partial charge in [-0.3, -0.25) is 4.79 Å². The summed E-state index contributed by atoms with van der Waals surface area (Å²) in [7, 11) is 0. The number of amides is 1. The molecule has 1 N–H and O–H groups in total. The van der Waals surface area contributed by atoms with E-state index in [4.69, 9.17) is 23.2 Å². The fraction of sp³-hybridized carbons (Fsp3) is 0.188. The lowest BCUT2D eigenvalue weighted by Gasteiger charge is -2.07. The van der Waals surface area contributed by atoms with Gasteiger partial charge in [-0.05, 0) is 23.3 Å². The van der Waals surface area contributed by atoms with Crippen LogP contribution < -0.4 is 5.32 Å². The average Bonchev–Trinajstić information content (AvgIpc) is 2.49. The van der Waals surface area contributed by atoms with Crippen molar-refractivity contribution in [2.24, 2.45) is 0 Å². The van der Waals surface area contributed by atoms with Gasteiger partial charge in [-0.25, -0.2) is 0 Å². The second-order valence-electron chi connectivity index (χ2n) is 4.46. The lowest BCUT2D eigenvalue weighted by Crippen LogP contribution is -2.24. The minimum atomic E-state index is 0.00651. The molecule has 21 heavy (non-hydrogen) atoms. The summed E-state index contributed by atoms with van der Waals surface area (Å²) in [6.45, 7) is 0.549. The van der Waals surface area contributed by atoms with E-state index in [9.17, 15) is 4.79 Å². The molecule has 0 saturated carbocycles. The van der Waals surface area contributed by atoms with Crippen LogP contribution in [0, 0.1) is 0 Å². The minimum Gasteiger partial charge on any atom is -0.351 e. The summed E-state index contributed by atoms with van der Waals surface area (Å²) < 4.78 is 0. The highest BCUT2D eigenvalue weighted by atomic mass is 35.5. The van der Waals surface area contributed by atoms with Gasteiger partial charge in [0.15, 0.2) is 0 Å². The van der Waals surface area contributed by atoms with Gasteiger partial charge in [0.25, 0.3) is 0 Å². The molecule has 2 rings (SSSR count). The van der Waals surface area contributed by atoms with E-state index in [1.165, 1.54) is 11.8 Å². The van der Waals surface area contributed by atoms with Crippen LogP contribution in [0.2, 0.25) is 10.0 Å². The number of hydrogen-bond acceptors (Lipinski definition) is 2. The summed E-state index contributed by atoms with van der Waals surface area (Å²) in [5, 5.41) is 4.17. The Morgan fingerprint density at radius 2 is 1.67 bits per heavy atom. The van der Waals surface area contributed by atoms with E-state index in [1.54, 1.807) is 12.1 Å². The monoisotopic (exact) mass is 339 g/mol. The van der Waals surface area contributed by atoms with E-state index >= 15 is 0 Å². The van der Waals surface area contributed by atoms with Gasteiger partial charge in [0.2, 0.25) is 5.91 Å². The Balaban J connectivity index is 1.75. The molecule has 2 aromatic rings. The zero-order chi connectivity index (χ0) is 15.1. The molecule has 0 heterocycles. The van der Waals surface area contributed by atoms with Crippen molar-refractivity contribution in [1.82, 2.24) is 5.32 Å². The molecule has 0 aliphatic carbocycles. The number of rotatable bonds is 6. The number of nitrogens with one attached hydrogen (secondary N) is 1. The van der Waals surface area contributed by atoms with E-state index in [1.807, 2.05) is 36.4 Å². The number of carbonyl (C=O) groups is 1. The van der Waals surface area contributed by atoms with Crippen LogP contribution in [-0.4, -0.2) is 11.7 Å². The number of carbonyl (C=O) groups excluding carboxylic acids is 1. The van der Waals surface area contributed by atoms with E-state index in [0.29, 0.717) is 28.1 Å². The second kappa shape index (κ2) is 8.32. The highest BCUT2D eigenvalue weighted by molar-refractivity contribution is 7.99. The lowest BCUT2D eigenvalue weighted by atomic mass is 10.2. The smallest absolute Gasteiger partial charge is 0.230 e. The first-order chi connectivity index (χ1) is 10.2. The van der Waals surface area contributed by atoms with Crippen molar-refractivity contribution in [3.63, 3.8) is 0 Å². The molecule has 2 aromatic carbocycles. The molecule has 0 bridgehead atoms. The quantitative estimate of drug-likeness (QED) is 0.836. The molecule has 2 nitrogen and oxygen atoms in total. The lowest BCUT2D eigenvalue weighted by molar-refractivity contribution is -0.118. The first kappa shape index (κ1) is 16.2. The Labute approximate surface area is 138 Å². The average molecular weight is 340 g/mol. The van der Waals surface area contributed by atoms with Crippen LogP contribution in [0.3, 0.4) is 0 Å². The molecule has 0 aliphatic heterocycles. The highest BCUT2D eigenvalue weighted by Crippen LogP contribution is 2.28. The topological polar surface area (TPSA) is 29.1 Å². The van der Waals surface area contributed by atoms with Crippen LogP contribution in [-0.2, 0) is 17.1 Å². The van der Waals surface area contributed by atoms with Gasteiger partial charge in [0.1, 0.15) is 0 Å². The molecule has 0 fully saturated rings. The van der Waals surface area contributed by atoms with Gasteiger partial charge in [-0.15, -0.1) is 11.8 Å². The molecule has 0 radical (unpaired) electrons. The van der Waals surface area contributed by atoms with Crippen molar-refractivity contribution in [3.05, 3.63) is 69.7 Å². The van der Waals surface area contributed by atoms with Crippen molar-refractivity contribution in [1.29, 1.82) is 0 Å². The standard InChI is InChI=1S/C16H15Cl2NOS/c17-14-7-4-8-15(18)13(14)10-21-11-16(20)19-9-12-5-2-1-3-6-12/h1-8H,9-11H2,(H,19,20). The maximum absolute atomic E-state index is 11.8. The molecule has 1 amide bonds. The molecular formula is C16H15Cl2NOS. The zero-order valence-corrected chi connectivity index (χ0v) is 13.6. The Bertz CT molecular complexity index is 584. The molecule has 0 aromatic heterocycles. The third-order valence-electron chi connectivity index (χ3n) is 2.87. The van der Waals surface area contributed by atoms with Crippen molar-refractivity contribution in [3.8, 4) is 0 Å². The summed E-state index contributed by atoms with van der Waals surface area (Å²) in [6, 6.07) is 15.2. The largest absolute Gasteiger partial charge is 0.351 e. The van der Waals surface area contributed by atoms with Crippen LogP contribution in [0.4, 0.5) is 0 Å². The van der Waals surface area contributed by atoms with Crippen LogP contribution in [0.1, 0.15) is 11.1 Å². The summed E-state index contributed by atoms with van der Waals surface area (Å²) in [5.74, 6) is 1.01. The van der Waals surface area contributed by atoms with Gasteiger partial charge in [-0.2, -0.15) is 0 Å². The maximum atomic E-state index is 11.8. The first-order valence-electron chi connectivity index (χ1n) is 6.48. The maximum Gasteiger partial charge on any atom is 0.230 e. The predicted octanol–water partition coefficient (Wildman–Crippen LogP) is 4.54. The summed E-state index contributed by atoms with van der Waals surface area (Å²) in [5.41, 5.74) is 1.96. The van der Waals surface area contributed by atoms with Crippen molar-refractivity contribution < 1.29 is 4.79 Å². The predicted molar refractivity (Wildman–Crippen MR) is 90.9 cm³/mol. The molecule has 0 spiro atoms. The van der Waals surface area contributed by atoms with Gasteiger partial charge < -0.3 is 5.32 Å². The number of hydrogen-bond donors (Lipinski definition) is 1. The van der Waals surface area contributed by atoms with Crippen LogP contribution in [0.15, 0.2) is 48.5 Å². The van der Waals surface area contributed by atoms with Gasteiger partial charge >= 0.3 is 0 Å². The van der Waals surface area contributed by atoms with Crippen LogP contribution in [0.25, 0.3) is 0 Å². The molecule has 110 valence electrons. The van der Waals surface area contributed by atoms with Crippen molar-refractivity contribution in [2.75, 3.05) is 5.75 Å². The Hall–Kier alpha value is -1.16. The number of thioether (sulfide) groups is 1. The van der Waals surface area contributed by atoms with Gasteiger partial charge in [0.05, 0.1) is 5.75 Å². The van der Waals surface area contributed by atoms with Crippen LogP contribution in [0.5, 0.6) is 0 Å². The Morgan fingerprint density at radius 1 is 1.00 bits per heavy atom. The van der Waals surface area contributed by atoms with Crippen molar-refractivity contribution in [2.45, 2.75) is 12.3 Å². The van der Waals surface area contributed by atoms with E-state index in [-0.39, 0.29) is 5.91 Å². The number of benzene rings is 2. The zero-order valence-electron chi connectivity index (χ0n) is 11.3. The Kier molecular flexibility index (Phi) is 6.43. The number of halogens is 2. The fourth-order valence-corrected chi connectivity index (χ4v) is 3.36. The molecule has 0 aliphatic rings. The fourth-order valence-electron chi connectivity index (χ4n) is 1.76. The summed E-state index contributed by atoms with van der Waals surface area (Å²) in [6.07, 6.45) is 0. The SMILES string of the molecule is O=C(CSCc1c(Cl)cccc1Cl)NCc1ccccc1. The normalized spacial score (nSPS) is 10.4. The second-order valence-corrected chi connectivity index (χ2v) is 6.26. The van der Waals surface area contributed by atoms with E-state index in [0.717, 1.165) is 11.1 Å². The minimum absolute atomic E-state index is 0.00651. The molecular weight excluding hydrogens is 325 g/mol. The van der Waals surface area contributed by atoms with Crippen molar-refractivity contribution >= 4 is 40.9 Å². The molecule has 0 saturated heterocycles.